The molecule has 8 nitrogen and oxygen atoms in total. The lowest BCUT2D eigenvalue weighted by Gasteiger charge is -2.24. The van der Waals surface area contributed by atoms with E-state index in [2.05, 4.69) is 4.98 Å². The summed E-state index contributed by atoms with van der Waals surface area (Å²) in [5.41, 5.74) is -0.721. The first-order valence-electron chi connectivity index (χ1n) is 7.16. The van der Waals surface area contributed by atoms with Crippen molar-refractivity contribution in [2.24, 2.45) is 0 Å². The number of aromatic nitrogens is 1. The van der Waals surface area contributed by atoms with Crippen LogP contribution in [0.1, 0.15) is 27.2 Å². The van der Waals surface area contributed by atoms with Gasteiger partial charge in [-0.05, 0) is 33.3 Å². The minimum atomic E-state index is -1.42. The molecule has 0 saturated carbocycles. The van der Waals surface area contributed by atoms with Crippen LogP contribution in [0.4, 0.5) is 10.5 Å². The molecule has 1 aliphatic rings. The summed E-state index contributed by atoms with van der Waals surface area (Å²) < 4.78 is 17.8. The van der Waals surface area contributed by atoms with Gasteiger partial charge in [0.05, 0.1) is 21.0 Å². The Morgan fingerprint density at radius 1 is 1.48 bits per heavy atom. The zero-order chi connectivity index (χ0) is 17.2. The maximum absolute atomic E-state index is 12.5. The third-order valence-corrected chi connectivity index (χ3v) is 4.88. The van der Waals surface area contributed by atoms with E-state index < -0.39 is 27.4 Å². The molecule has 0 bridgehead atoms. The van der Waals surface area contributed by atoms with Gasteiger partial charge in [-0.15, -0.1) is 0 Å². The number of likely N-dealkylation sites (tertiary alicyclic amines) is 1. The Labute approximate surface area is 136 Å². The van der Waals surface area contributed by atoms with Crippen LogP contribution >= 0.6 is 0 Å². The zero-order valence-electron chi connectivity index (χ0n) is 13.2. The number of carbonyl (C=O) groups is 1. The first-order chi connectivity index (χ1) is 10.7. The van der Waals surface area contributed by atoms with Crippen LogP contribution in [0.15, 0.2) is 23.4 Å². The lowest BCUT2D eigenvalue weighted by Crippen LogP contribution is -2.36. The number of carbonyl (C=O) groups excluding carboxylic acids is 1. The Morgan fingerprint density at radius 2 is 2.17 bits per heavy atom. The van der Waals surface area contributed by atoms with Gasteiger partial charge in [0.1, 0.15) is 16.8 Å². The van der Waals surface area contributed by atoms with Gasteiger partial charge < -0.3 is 9.64 Å². The van der Waals surface area contributed by atoms with Gasteiger partial charge in [0.2, 0.25) is 0 Å². The van der Waals surface area contributed by atoms with Crippen LogP contribution < -0.4 is 0 Å². The molecule has 0 radical (unpaired) electrons. The molecule has 0 aliphatic carbocycles. The third kappa shape index (κ3) is 4.47. The molecule has 1 unspecified atom stereocenters. The van der Waals surface area contributed by atoms with Gasteiger partial charge in [-0.1, -0.05) is 0 Å². The Bertz CT molecular complexity index is 626. The summed E-state index contributed by atoms with van der Waals surface area (Å²) in [6.07, 6.45) is 1.24. The van der Waals surface area contributed by atoms with Crippen LogP contribution in [-0.2, 0) is 15.5 Å². The second-order valence-electron chi connectivity index (χ2n) is 6.25. The number of amides is 1. The molecule has 23 heavy (non-hydrogen) atoms. The van der Waals surface area contributed by atoms with Gasteiger partial charge in [-0.25, -0.2) is 9.78 Å². The first kappa shape index (κ1) is 17.3. The fraction of sp³-hybridized carbons (Fsp3) is 0.571. The van der Waals surface area contributed by atoms with Crippen LogP contribution in [0, 0.1) is 10.1 Å². The van der Waals surface area contributed by atoms with Crippen molar-refractivity contribution in [1.82, 2.24) is 9.88 Å². The molecule has 2 heterocycles. The summed E-state index contributed by atoms with van der Waals surface area (Å²) in [6.45, 7) is 6.16. The van der Waals surface area contributed by atoms with E-state index in [1.807, 2.05) is 0 Å². The Morgan fingerprint density at radius 3 is 2.70 bits per heavy atom. The average molecular weight is 341 g/mol. The molecule has 1 aromatic rings. The minimum Gasteiger partial charge on any atom is -0.444 e. The van der Waals surface area contributed by atoms with Gasteiger partial charge in [0.15, 0.2) is 0 Å². The SMILES string of the molecule is CC(C)(C)OC(=O)N1CC[C@H](S(=O)c2ccc([N+](=O)[O-])cn2)C1. The van der Waals surface area contributed by atoms with Gasteiger partial charge in [-0.3, -0.25) is 14.3 Å². The molecule has 0 aromatic carbocycles. The maximum atomic E-state index is 12.5. The van der Waals surface area contributed by atoms with Crippen LogP contribution in [0.5, 0.6) is 0 Å². The van der Waals surface area contributed by atoms with Gasteiger partial charge in [-0.2, -0.15) is 0 Å². The van der Waals surface area contributed by atoms with Crippen LogP contribution in [-0.4, -0.2) is 49.0 Å². The van der Waals surface area contributed by atoms with Crippen LogP contribution in [0.2, 0.25) is 0 Å². The quantitative estimate of drug-likeness (QED) is 0.616. The van der Waals surface area contributed by atoms with Gasteiger partial charge >= 0.3 is 6.09 Å². The van der Waals surface area contributed by atoms with Crippen molar-refractivity contribution in [2.75, 3.05) is 13.1 Å². The van der Waals surface area contributed by atoms with E-state index in [0.717, 1.165) is 6.20 Å². The third-order valence-electron chi connectivity index (χ3n) is 3.24. The molecule has 126 valence electrons. The monoisotopic (exact) mass is 341 g/mol. The van der Waals surface area contributed by atoms with E-state index in [1.54, 1.807) is 20.8 Å². The Balaban J connectivity index is 1.99. The molecule has 2 atom stereocenters. The normalized spacial score (nSPS) is 19.4. The van der Waals surface area contributed by atoms with Crippen molar-refractivity contribution in [1.29, 1.82) is 0 Å². The molecule has 9 heteroatoms. The minimum absolute atomic E-state index is 0.146. The predicted octanol–water partition coefficient (Wildman–Crippen LogP) is 2.11. The van der Waals surface area contributed by atoms with E-state index in [0.29, 0.717) is 19.5 Å². The summed E-state index contributed by atoms with van der Waals surface area (Å²) in [6, 6.07) is 2.67. The molecule has 1 fully saturated rings. The van der Waals surface area contributed by atoms with E-state index in [-0.39, 0.29) is 16.0 Å². The van der Waals surface area contributed by atoms with Gasteiger partial charge in [0.25, 0.3) is 5.69 Å². The van der Waals surface area contributed by atoms with Crippen molar-refractivity contribution in [3.05, 3.63) is 28.4 Å². The van der Waals surface area contributed by atoms with Crippen LogP contribution in [0.25, 0.3) is 0 Å². The van der Waals surface area contributed by atoms with Crippen molar-refractivity contribution < 1.29 is 18.7 Å². The first-order valence-corrected chi connectivity index (χ1v) is 8.37. The smallest absolute Gasteiger partial charge is 0.410 e. The standard InChI is InChI=1S/C14H19N3O5S/c1-14(2,3)22-13(18)16-7-6-11(9-16)23(21)12-5-4-10(8-15-12)17(19)20/h4-5,8,11H,6-7,9H2,1-3H3/t11-,23?/m0/s1. The largest absolute Gasteiger partial charge is 0.444 e. The number of ether oxygens (including phenoxy) is 1. The van der Waals surface area contributed by atoms with E-state index >= 15 is 0 Å². The lowest BCUT2D eigenvalue weighted by atomic mass is 10.2. The molecular formula is C14H19N3O5S. The molecule has 1 saturated heterocycles. The second-order valence-corrected chi connectivity index (χ2v) is 7.93. The molecule has 2 rings (SSSR count). The fourth-order valence-corrected chi connectivity index (χ4v) is 3.50. The molecule has 1 aromatic heterocycles. The fourth-order valence-electron chi connectivity index (χ4n) is 2.17. The summed E-state index contributed by atoms with van der Waals surface area (Å²) in [7, 11) is -1.42. The van der Waals surface area contributed by atoms with E-state index in [4.69, 9.17) is 4.74 Å². The second kappa shape index (κ2) is 6.61. The maximum Gasteiger partial charge on any atom is 0.410 e. The van der Waals surface area contributed by atoms with Crippen LogP contribution in [0.3, 0.4) is 0 Å². The molecular weight excluding hydrogens is 322 g/mol. The highest BCUT2D eigenvalue weighted by Crippen LogP contribution is 2.22. The average Bonchev–Trinajstić information content (AvgIpc) is 2.94. The van der Waals surface area contributed by atoms with E-state index in [1.165, 1.54) is 17.0 Å². The summed E-state index contributed by atoms with van der Waals surface area (Å²) >= 11 is 0. The highest BCUT2D eigenvalue weighted by Gasteiger charge is 2.33. The summed E-state index contributed by atoms with van der Waals surface area (Å²) in [4.78, 5) is 27.5. The van der Waals surface area contributed by atoms with Crippen molar-refractivity contribution in [3.63, 3.8) is 0 Å². The lowest BCUT2D eigenvalue weighted by molar-refractivity contribution is -0.385. The number of nitrogens with zero attached hydrogens (tertiary/aromatic N) is 3. The highest BCUT2D eigenvalue weighted by molar-refractivity contribution is 7.85. The zero-order valence-corrected chi connectivity index (χ0v) is 14.0. The van der Waals surface area contributed by atoms with Crippen molar-refractivity contribution in [3.8, 4) is 0 Å². The predicted molar refractivity (Wildman–Crippen MR) is 83.5 cm³/mol. The molecule has 1 amide bonds. The van der Waals surface area contributed by atoms with E-state index in [9.17, 15) is 19.1 Å². The Kier molecular flexibility index (Phi) is 4.98. The number of hydrogen-bond donors (Lipinski definition) is 0. The van der Waals surface area contributed by atoms with Crippen molar-refractivity contribution >= 4 is 22.6 Å². The molecule has 0 N–H and O–H groups in total. The van der Waals surface area contributed by atoms with Crippen molar-refractivity contribution in [2.45, 2.75) is 43.1 Å². The number of pyridine rings is 1. The summed E-state index contributed by atoms with van der Waals surface area (Å²) in [5.74, 6) is 0. The van der Waals surface area contributed by atoms with Gasteiger partial charge in [0, 0.05) is 19.2 Å². The summed E-state index contributed by atoms with van der Waals surface area (Å²) in [5, 5.41) is 10.6. The number of rotatable bonds is 3. The Hall–Kier alpha value is -2.03. The molecule has 1 aliphatic heterocycles. The number of nitro groups is 1. The number of hydrogen-bond acceptors (Lipinski definition) is 6. The molecule has 0 spiro atoms. The highest BCUT2D eigenvalue weighted by atomic mass is 32.2. The topological polar surface area (TPSA) is 103 Å².